The predicted octanol–water partition coefficient (Wildman–Crippen LogP) is 2.09. The number of carbonyl (C=O) groups is 2. The molecule has 0 bridgehead atoms. The second kappa shape index (κ2) is 11.1. The van der Waals surface area contributed by atoms with E-state index in [0.29, 0.717) is 60.2 Å². The van der Waals surface area contributed by atoms with Gasteiger partial charge in [0, 0.05) is 42.2 Å². The molecule has 182 valence electrons. The number of amides is 1. The molecule has 1 saturated heterocycles. The number of carbonyl (C=O) groups excluding carboxylic acids is 1. The molecule has 0 saturated carbocycles. The first kappa shape index (κ1) is 24.3. The highest BCUT2D eigenvalue weighted by molar-refractivity contribution is 5.94. The Labute approximate surface area is 205 Å². The number of pyridine rings is 1. The zero-order chi connectivity index (χ0) is 25.5. The van der Waals surface area contributed by atoms with Crippen molar-refractivity contribution in [1.82, 2.24) is 24.5 Å². The summed E-state index contributed by atoms with van der Waals surface area (Å²) in [6.07, 6.45) is 4.88. The highest BCUT2D eigenvalue weighted by Gasteiger charge is 2.20. The van der Waals surface area contributed by atoms with E-state index in [1.165, 1.54) is 6.07 Å². The number of nitrogens with two attached hydrogens (primary N) is 1. The van der Waals surface area contributed by atoms with E-state index in [9.17, 15) is 9.18 Å². The van der Waals surface area contributed by atoms with Crippen LogP contribution >= 0.6 is 0 Å². The van der Waals surface area contributed by atoms with Crippen molar-refractivity contribution < 1.29 is 23.8 Å². The first-order valence-electron chi connectivity index (χ1n) is 10.8. The van der Waals surface area contributed by atoms with Crippen LogP contribution in [0.15, 0.2) is 55.0 Å². The van der Waals surface area contributed by atoms with E-state index < -0.39 is 5.82 Å². The van der Waals surface area contributed by atoms with Crippen LogP contribution in [-0.2, 0) is 9.53 Å². The first-order valence-corrected chi connectivity index (χ1v) is 10.8. The highest BCUT2D eigenvalue weighted by atomic mass is 19.1. The summed E-state index contributed by atoms with van der Waals surface area (Å²) in [5, 5.41) is 11.1. The van der Waals surface area contributed by atoms with Gasteiger partial charge in [0.2, 0.25) is 0 Å². The highest BCUT2D eigenvalue weighted by Crippen LogP contribution is 2.24. The van der Waals surface area contributed by atoms with Gasteiger partial charge in [-0.05, 0) is 36.4 Å². The van der Waals surface area contributed by atoms with Gasteiger partial charge in [0.15, 0.2) is 5.65 Å². The maximum atomic E-state index is 15.0. The van der Waals surface area contributed by atoms with Crippen molar-refractivity contribution in [2.24, 2.45) is 0 Å². The summed E-state index contributed by atoms with van der Waals surface area (Å²) in [5.74, 6) is 5.69. The van der Waals surface area contributed by atoms with E-state index in [1.807, 2.05) is 0 Å². The Morgan fingerprint density at radius 3 is 2.67 bits per heavy atom. The lowest BCUT2D eigenvalue weighted by molar-refractivity contribution is -0.122. The van der Waals surface area contributed by atoms with Crippen molar-refractivity contribution in [3.8, 4) is 23.1 Å². The minimum absolute atomic E-state index is 0.211. The molecule has 0 aliphatic carbocycles. The number of ether oxygens (including phenoxy) is 1. The first-order chi connectivity index (χ1) is 17.5. The van der Waals surface area contributed by atoms with E-state index in [2.05, 4.69) is 26.9 Å². The SMILES string of the molecule is Nc1cc(C#Cc2cnn3ccc(-c4ccc(C(=O)N5CCOCC5)cc4F)nc23)ccn1.O=CO. The fourth-order valence-electron chi connectivity index (χ4n) is 3.58. The van der Waals surface area contributed by atoms with Crippen molar-refractivity contribution in [3.05, 3.63) is 77.5 Å². The minimum atomic E-state index is -0.523. The fourth-order valence-corrected chi connectivity index (χ4v) is 3.58. The number of rotatable bonds is 2. The van der Waals surface area contributed by atoms with Crippen LogP contribution in [0.5, 0.6) is 0 Å². The smallest absolute Gasteiger partial charge is 0.290 e. The van der Waals surface area contributed by atoms with Crippen molar-refractivity contribution in [1.29, 1.82) is 0 Å². The molecule has 1 amide bonds. The predicted molar refractivity (Wildman–Crippen MR) is 128 cm³/mol. The van der Waals surface area contributed by atoms with Crippen LogP contribution in [0.25, 0.3) is 16.9 Å². The van der Waals surface area contributed by atoms with E-state index >= 15 is 0 Å². The number of nitrogen functional groups attached to an aromatic ring is 1. The number of halogens is 1. The molecule has 0 spiro atoms. The Morgan fingerprint density at radius 2 is 1.94 bits per heavy atom. The van der Waals surface area contributed by atoms with E-state index in [4.69, 9.17) is 20.4 Å². The molecule has 0 atom stereocenters. The van der Waals surface area contributed by atoms with Crippen LogP contribution in [0.4, 0.5) is 10.2 Å². The van der Waals surface area contributed by atoms with E-state index in [1.54, 1.807) is 58.3 Å². The van der Waals surface area contributed by atoms with Crippen LogP contribution in [-0.4, -0.2) is 68.3 Å². The topological polar surface area (TPSA) is 136 Å². The summed E-state index contributed by atoms with van der Waals surface area (Å²) in [6.45, 7) is 1.72. The number of fused-ring (bicyclic) bond motifs is 1. The summed E-state index contributed by atoms with van der Waals surface area (Å²) in [6, 6.07) is 9.54. The lowest BCUT2D eigenvalue weighted by Crippen LogP contribution is -2.40. The zero-order valence-electron chi connectivity index (χ0n) is 19.0. The fraction of sp³-hybridized carbons (Fsp3) is 0.160. The molecule has 1 aliphatic rings. The molecule has 0 radical (unpaired) electrons. The third kappa shape index (κ3) is 5.45. The van der Waals surface area contributed by atoms with Gasteiger partial charge >= 0.3 is 0 Å². The van der Waals surface area contributed by atoms with Crippen molar-refractivity contribution in [3.63, 3.8) is 0 Å². The molecule has 4 heterocycles. The molecule has 3 N–H and O–H groups in total. The molecule has 10 nitrogen and oxygen atoms in total. The van der Waals surface area contributed by atoms with Crippen molar-refractivity contribution in [2.75, 3.05) is 32.0 Å². The number of nitrogens with zero attached hydrogens (tertiary/aromatic N) is 5. The zero-order valence-corrected chi connectivity index (χ0v) is 19.0. The second-order valence-electron chi connectivity index (χ2n) is 7.56. The largest absolute Gasteiger partial charge is 0.483 e. The maximum absolute atomic E-state index is 15.0. The molecule has 11 heteroatoms. The van der Waals surface area contributed by atoms with Gasteiger partial charge in [-0.1, -0.05) is 11.8 Å². The second-order valence-corrected chi connectivity index (χ2v) is 7.56. The summed E-state index contributed by atoms with van der Waals surface area (Å²) < 4.78 is 21.8. The van der Waals surface area contributed by atoms with Crippen molar-refractivity contribution in [2.45, 2.75) is 0 Å². The Hall–Kier alpha value is -4.82. The number of anilines is 1. The molecule has 5 rings (SSSR count). The number of benzene rings is 1. The van der Waals surface area contributed by atoms with Gasteiger partial charge in [-0.2, -0.15) is 5.10 Å². The Bertz CT molecular complexity index is 1470. The number of hydrogen-bond donors (Lipinski definition) is 2. The van der Waals surface area contributed by atoms with Crippen LogP contribution in [0, 0.1) is 17.7 Å². The summed E-state index contributed by atoms with van der Waals surface area (Å²) >= 11 is 0. The van der Waals surface area contributed by atoms with E-state index in [0.717, 1.165) is 0 Å². The van der Waals surface area contributed by atoms with Gasteiger partial charge in [-0.25, -0.2) is 18.9 Å². The van der Waals surface area contributed by atoms with Crippen LogP contribution in [0.2, 0.25) is 0 Å². The lowest BCUT2D eigenvalue weighted by atomic mass is 10.1. The maximum Gasteiger partial charge on any atom is 0.290 e. The van der Waals surface area contributed by atoms with Gasteiger partial charge in [0.25, 0.3) is 12.4 Å². The monoisotopic (exact) mass is 488 g/mol. The number of hydrogen-bond acceptors (Lipinski definition) is 7. The standard InChI is InChI=1S/C24H19FN6O2.CH2O2/c25-20-14-17(24(32)30-9-11-33-12-10-30)3-4-19(20)21-6-8-31-23(29-21)18(15-28-31)2-1-16-5-7-27-22(26)13-16;2-1-3/h3-8,13-15H,9-12H2,(H2,26,27);1H,(H,2,3). The van der Waals surface area contributed by atoms with Gasteiger partial charge < -0.3 is 20.5 Å². The Balaban J connectivity index is 0.000000967. The molecule has 0 unspecified atom stereocenters. The van der Waals surface area contributed by atoms with E-state index in [-0.39, 0.29) is 17.9 Å². The summed E-state index contributed by atoms with van der Waals surface area (Å²) in [4.78, 5) is 31.2. The summed E-state index contributed by atoms with van der Waals surface area (Å²) in [5.41, 5.74) is 8.50. The van der Waals surface area contributed by atoms with Crippen LogP contribution in [0.1, 0.15) is 21.5 Å². The van der Waals surface area contributed by atoms with Crippen LogP contribution in [0.3, 0.4) is 0 Å². The quantitative estimate of drug-likeness (QED) is 0.323. The third-order valence-electron chi connectivity index (χ3n) is 5.28. The Kier molecular flexibility index (Phi) is 7.48. The van der Waals surface area contributed by atoms with Crippen molar-refractivity contribution >= 4 is 23.8 Å². The Morgan fingerprint density at radius 1 is 1.17 bits per heavy atom. The number of aromatic nitrogens is 4. The molecule has 1 fully saturated rings. The molecular weight excluding hydrogens is 467 g/mol. The number of morpholine rings is 1. The third-order valence-corrected chi connectivity index (χ3v) is 5.28. The average Bonchev–Trinajstić information content (AvgIpc) is 3.30. The van der Waals surface area contributed by atoms with Gasteiger partial charge in [0.1, 0.15) is 11.6 Å². The minimum Gasteiger partial charge on any atom is -0.483 e. The molecule has 1 aromatic carbocycles. The van der Waals surface area contributed by atoms with Gasteiger partial charge in [-0.3, -0.25) is 9.59 Å². The molecule has 1 aliphatic heterocycles. The van der Waals surface area contributed by atoms with Gasteiger partial charge in [-0.15, -0.1) is 0 Å². The molecule has 36 heavy (non-hydrogen) atoms. The van der Waals surface area contributed by atoms with Crippen LogP contribution < -0.4 is 5.73 Å². The lowest BCUT2D eigenvalue weighted by Gasteiger charge is -2.26. The molecular formula is C25H21FN6O4. The molecule has 4 aromatic rings. The average molecular weight is 488 g/mol. The van der Waals surface area contributed by atoms with Gasteiger partial charge in [0.05, 0.1) is 30.7 Å². The number of carboxylic acid groups (broad SMARTS) is 1. The normalized spacial score (nSPS) is 12.8. The molecule has 3 aromatic heterocycles. The summed E-state index contributed by atoms with van der Waals surface area (Å²) in [7, 11) is 0.